The summed E-state index contributed by atoms with van der Waals surface area (Å²) in [5.74, 6) is -4.97. The third kappa shape index (κ3) is 7.24. The summed E-state index contributed by atoms with van der Waals surface area (Å²) in [5.41, 5.74) is 0.0473. The highest BCUT2D eigenvalue weighted by Gasteiger charge is 2.35. The van der Waals surface area contributed by atoms with Crippen molar-refractivity contribution in [1.82, 2.24) is 15.3 Å². The lowest BCUT2D eigenvalue weighted by molar-refractivity contribution is -0.137. The Morgan fingerprint density at radius 1 is 1.07 bits per heavy atom. The molecule has 10 nitrogen and oxygen atoms in total. The van der Waals surface area contributed by atoms with Gasteiger partial charge in [0.2, 0.25) is 0 Å². The number of anilines is 2. The van der Waals surface area contributed by atoms with Crippen molar-refractivity contribution < 1.29 is 37.4 Å². The Hall–Kier alpha value is -4.68. The molecule has 2 aliphatic rings. The summed E-state index contributed by atoms with van der Waals surface area (Å²) in [4.78, 5) is 48.3. The Morgan fingerprint density at radius 3 is 2.46 bits per heavy atom. The zero-order valence-corrected chi connectivity index (χ0v) is 26.0. The van der Waals surface area contributed by atoms with Gasteiger partial charge < -0.3 is 25.4 Å². The van der Waals surface area contributed by atoms with Crippen LogP contribution in [0.5, 0.6) is 0 Å². The average molecular weight is 640 g/mol. The van der Waals surface area contributed by atoms with Crippen LogP contribution in [0.15, 0.2) is 36.5 Å². The number of nitrogens with one attached hydrogen (secondary N) is 2. The molecule has 1 unspecified atom stereocenters. The molecule has 5 rings (SSSR count). The molecule has 1 aliphatic heterocycles. The Labute approximate surface area is 264 Å². The van der Waals surface area contributed by atoms with Crippen LogP contribution in [-0.2, 0) is 16.0 Å². The highest BCUT2D eigenvalue weighted by atomic mass is 19.1. The first-order valence-corrected chi connectivity index (χ1v) is 15.1. The molecule has 3 N–H and O–H groups in total. The molecule has 1 fully saturated rings. The number of carbonyl (C=O) groups is 3. The predicted molar refractivity (Wildman–Crippen MR) is 164 cm³/mol. The molecule has 3 atom stereocenters. The Kier molecular flexibility index (Phi) is 9.22. The van der Waals surface area contributed by atoms with E-state index in [0.717, 1.165) is 35.9 Å². The minimum atomic E-state index is -1.03. The lowest BCUT2D eigenvalue weighted by Crippen LogP contribution is -2.51. The van der Waals surface area contributed by atoms with Crippen molar-refractivity contribution in [3.8, 4) is 11.3 Å². The number of alkyl carbamates (subject to hydrolysis) is 1. The first-order chi connectivity index (χ1) is 21.7. The van der Waals surface area contributed by atoms with Crippen molar-refractivity contribution >= 4 is 29.3 Å². The predicted octanol–water partition coefficient (Wildman–Crippen LogP) is 6.06. The number of piperidine rings is 1. The molecule has 3 aromatic rings. The second kappa shape index (κ2) is 13.0. The summed E-state index contributed by atoms with van der Waals surface area (Å²) in [5, 5.41) is 15.2. The molecule has 1 aliphatic carbocycles. The second-order valence-electron chi connectivity index (χ2n) is 12.9. The molecule has 13 heteroatoms. The maximum atomic E-state index is 14.7. The van der Waals surface area contributed by atoms with Crippen molar-refractivity contribution in [3.05, 3.63) is 70.9 Å². The summed E-state index contributed by atoms with van der Waals surface area (Å²) in [6, 6.07) is 4.81. The van der Waals surface area contributed by atoms with E-state index in [1.807, 2.05) is 11.8 Å². The first-order valence-electron chi connectivity index (χ1n) is 15.1. The minimum Gasteiger partial charge on any atom is -0.481 e. The Bertz CT molecular complexity index is 1660. The fraction of sp³-hybridized carbons (Fsp3) is 0.424. The van der Waals surface area contributed by atoms with E-state index < -0.39 is 52.3 Å². The van der Waals surface area contributed by atoms with Crippen LogP contribution in [0.4, 0.5) is 29.3 Å². The van der Waals surface area contributed by atoms with Crippen LogP contribution in [0.2, 0.25) is 0 Å². The monoisotopic (exact) mass is 639 g/mol. The maximum absolute atomic E-state index is 14.7. The molecular formula is C33H36F3N5O5. The van der Waals surface area contributed by atoms with Crippen LogP contribution in [0.1, 0.15) is 74.6 Å². The molecule has 0 bridgehead atoms. The van der Waals surface area contributed by atoms with Gasteiger partial charge in [-0.2, -0.15) is 0 Å². The first kappa shape index (κ1) is 32.7. The van der Waals surface area contributed by atoms with Gasteiger partial charge in [-0.25, -0.2) is 22.9 Å². The van der Waals surface area contributed by atoms with E-state index in [0.29, 0.717) is 49.4 Å². The van der Waals surface area contributed by atoms with E-state index in [1.165, 1.54) is 6.20 Å². The molecular weight excluding hydrogens is 603 g/mol. The number of benzene rings is 1. The number of carboxylic acid groups (broad SMARTS) is 1. The SMILES string of the molecule is C[C@@H]1C[C@H](NC(=O)OC(C)(C)C)CN(c2c(NC(=O)c3ccc(F)c(-c4c(F)cccc4F)n3)cnc3c2CCC3CC(=O)O)C1. The van der Waals surface area contributed by atoms with E-state index in [2.05, 4.69) is 20.6 Å². The summed E-state index contributed by atoms with van der Waals surface area (Å²) >= 11 is 0. The lowest BCUT2D eigenvalue weighted by Gasteiger charge is -2.40. The van der Waals surface area contributed by atoms with Crippen LogP contribution >= 0.6 is 0 Å². The fourth-order valence-corrected chi connectivity index (χ4v) is 6.24. The standard InChI is InChI=1S/C33H36F3N5O5/c1-17-12-19(38-32(45)46-33(2,3)4)16-41(15-17)30-20-9-8-18(13-26(42)43)28(20)37-14-25(30)40-31(44)24-11-10-23(36)29(39-24)27-21(34)6-5-7-22(27)35/h5-7,10-11,14,17-19H,8-9,12-13,15-16H2,1-4H3,(H,38,45)(H,40,44)(H,42,43)/t17-,18?,19+/m1/s1. The topological polar surface area (TPSA) is 134 Å². The lowest BCUT2D eigenvalue weighted by atomic mass is 9.94. The number of halogens is 3. The van der Waals surface area contributed by atoms with Crippen LogP contribution in [-0.4, -0.2) is 57.8 Å². The number of amides is 2. The molecule has 0 saturated carbocycles. The van der Waals surface area contributed by atoms with E-state index in [-0.39, 0.29) is 30.0 Å². The summed E-state index contributed by atoms with van der Waals surface area (Å²) in [6.07, 6.45) is 2.55. The smallest absolute Gasteiger partial charge is 0.407 e. The largest absolute Gasteiger partial charge is 0.481 e. The van der Waals surface area contributed by atoms with Crippen LogP contribution < -0.4 is 15.5 Å². The number of ether oxygens (including phenoxy) is 1. The maximum Gasteiger partial charge on any atom is 0.407 e. The summed E-state index contributed by atoms with van der Waals surface area (Å²) < 4.78 is 49.1. The molecule has 1 aromatic carbocycles. The van der Waals surface area contributed by atoms with Crippen LogP contribution in [0.25, 0.3) is 11.3 Å². The zero-order chi connectivity index (χ0) is 33.3. The van der Waals surface area contributed by atoms with Crippen molar-refractivity contribution in [2.24, 2.45) is 5.92 Å². The van der Waals surface area contributed by atoms with E-state index in [4.69, 9.17) is 4.74 Å². The van der Waals surface area contributed by atoms with E-state index in [9.17, 15) is 32.7 Å². The van der Waals surface area contributed by atoms with Crippen LogP contribution in [0.3, 0.4) is 0 Å². The van der Waals surface area contributed by atoms with Crippen molar-refractivity contribution in [3.63, 3.8) is 0 Å². The summed E-state index contributed by atoms with van der Waals surface area (Å²) in [7, 11) is 0. The highest BCUT2D eigenvalue weighted by molar-refractivity contribution is 6.05. The van der Waals surface area contributed by atoms with Crippen LogP contribution in [0, 0.1) is 23.4 Å². The minimum absolute atomic E-state index is 0.0980. The number of rotatable bonds is 7. The Morgan fingerprint density at radius 2 is 1.78 bits per heavy atom. The van der Waals surface area contributed by atoms with Gasteiger partial charge in [0.05, 0.1) is 29.6 Å². The van der Waals surface area contributed by atoms with Gasteiger partial charge in [-0.05, 0) is 75.8 Å². The number of carboxylic acids is 1. The van der Waals surface area contributed by atoms with Gasteiger partial charge >= 0.3 is 12.1 Å². The number of aliphatic carboxylic acids is 1. The van der Waals surface area contributed by atoms with Gasteiger partial charge in [0.15, 0.2) is 0 Å². The molecule has 3 heterocycles. The summed E-state index contributed by atoms with van der Waals surface area (Å²) in [6.45, 7) is 8.30. The molecule has 2 amide bonds. The molecule has 0 radical (unpaired) electrons. The van der Waals surface area contributed by atoms with Gasteiger partial charge in [0.25, 0.3) is 5.91 Å². The van der Waals surface area contributed by atoms with Crippen molar-refractivity contribution in [1.29, 1.82) is 0 Å². The third-order valence-electron chi connectivity index (χ3n) is 7.96. The van der Waals surface area contributed by atoms with E-state index >= 15 is 0 Å². The highest BCUT2D eigenvalue weighted by Crippen LogP contribution is 2.44. The molecule has 2 aromatic heterocycles. The normalized spacial score (nSPS) is 19.4. The molecule has 244 valence electrons. The number of hydrogen-bond acceptors (Lipinski definition) is 7. The van der Waals surface area contributed by atoms with Crippen molar-refractivity contribution in [2.45, 2.75) is 70.9 Å². The number of hydrogen-bond donors (Lipinski definition) is 3. The molecule has 0 spiro atoms. The number of aromatic nitrogens is 2. The molecule has 1 saturated heterocycles. The van der Waals surface area contributed by atoms with E-state index in [1.54, 1.807) is 20.8 Å². The number of pyridine rings is 2. The van der Waals surface area contributed by atoms with Crippen molar-refractivity contribution in [2.75, 3.05) is 23.3 Å². The third-order valence-corrected chi connectivity index (χ3v) is 7.96. The number of fused-ring (bicyclic) bond motifs is 1. The van der Waals surface area contributed by atoms with Gasteiger partial charge in [0.1, 0.15) is 34.4 Å². The second-order valence-corrected chi connectivity index (χ2v) is 12.9. The Balaban J connectivity index is 1.50. The van der Waals surface area contributed by atoms with Gasteiger partial charge in [-0.1, -0.05) is 13.0 Å². The average Bonchev–Trinajstić information content (AvgIpc) is 3.34. The number of nitrogens with zero attached hydrogens (tertiary/aromatic N) is 3. The number of carbonyl (C=O) groups excluding carboxylic acids is 2. The quantitative estimate of drug-likeness (QED) is 0.284. The van der Waals surface area contributed by atoms with Gasteiger partial charge in [0, 0.05) is 30.7 Å². The fourth-order valence-electron chi connectivity index (χ4n) is 6.24. The zero-order valence-electron chi connectivity index (χ0n) is 26.0. The van der Waals surface area contributed by atoms with Gasteiger partial charge in [-0.15, -0.1) is 0 Å². The van der Waals surface area contributed by atoms with Gasteiger partial charge in [-0.3, -0.25) is 14.6 Å². The molecule has 46 heavy (non-hydrogen) atoms.